The summed E-state index contributed by atoms with van der Waals surface area (Å²) in [7, 11) is -2.97. The Morgan fingerprint density at radius 3 is 2.75 bits per heavy atom. The number of halogens is 1. The lowest BCUT2D eigenvalue weighted by Gasteiger charge is -2.52. The van der Waals surface area contributed by atoms with E-state index in [0.29, 0.717) is 31.2 Å². The molecule has 2 N–H and O–H groups in total. The molecule has 1 spiro atoms. The second kappa shape index (κ2) is 14.3. The first-order chi connectivity index (χ1) is 24.9. The van der Waals surface area contributed by atoms with Gasteiger partial charge in [0.25, 0.3) is 5.91 Å². The summed E-state index contributed by atoms with van der Waals surface area (Å²) in [4.78, 5) is 21.4. The number of benzene rings is 2. The Balaban J connectivity index is 1.17. The van der Waals surface area contributed by atoms with Crippen LogP contribution < -0.4 is 14.4 Å². The van der Waals surface area contributed by atoms with Crippen molar-refractivity contribution in [2.75, 3.05) is 57.3 Å². The summed E-state index contributed by atoms with van der Waals surface area (Å²) < 4.78 is 23.5. The zero-order valence-electron chi connectivity index (χ0n) is 31.0. The van der Waals surface area contributed by atoms with Crippen molar-refractivity contribution >= 4 is 38.8 Å². The fourth-order valence-corrected chi connectivity index (χ4v) is 12.0. The van der Waals surface area contributed by atoms with Gasteiger partial charge in [-0.1, -0.05) is 43.2 Å². The number of hydrogen-bond donors (Lipinski definition) is 2. The van der Waals surface area contributed by atoms with Crippen molar-refractivity contribution in [2.24, 2.45) is 17.8 Å². The number of carbonyl (C=O) groups is 1. The zero-order chi connectivity index (χ0) is 36.3. The number of hydrogen-bond acceptors (Lipinski definition) is 7. The van der Waals surface area contributed by atoms with Crippen molar-refractivity contribution in [1.82, 2.24) is 14.5 Å². The maximum Gasteiger partial charge on any atom is 0.262 e. The fraction of sp³-hybridized carbons (Fsp3) is 0.619. The average Bonchev–Trinajstić information content (AvgIpc) is 3.25. The number of piperazine rings is 1. The molecule has 282 valence electrons. The first kappa shape index (κ1) is 36.4. The predicted molar refractivity (Wildman–Crippen MR) is 212 cm³/mol. The second-order valence-corrected chi connectivity index (χ2v) is 20.0. The van der Waals surface area contributed by atoms with Crippen LogP contribution in [0.5, 0.6) is 5.75 Å². The Morgan fingerprint density at radius 2 is 1.92 bits per heavy atom. The Labute approximate surface area is 316 Å². The van der Waals surface area contributed by atoms with Gasteiger partial charge in [-0.25, -0.2) is 4.21 Å². The number of β-amino-alcohol motifs (C(OH)–C–C–N with tert-alkyl or cyclic N) is 1. The standard InChI is InChI=1S/C42H57ClN4O4S/c1-29-8-6-18-42(49,27-45-20-21-46-19-5-4-10-35(46)25-45)37-14-11-33(37)24-47-26-41(17-7-9-31-22-34(43)13-15-36(31)41)28-51-39-16-12-32(23-38(39)47)40(48)44-52(3,50)30(29)2/h6,12-13,15-16,18,22-23,29-30,33,35,37,49H,3-5,7-11,14,17,19-21,24-28H2,1-2H3,(H,44,48,50)/b18-6+/t29-,30+,33-,35+,37+,41-,42+,52?/m0/s1. The highest BCUT2D eigenvalue weighted by Crippen LogP contribution is 2.48. The summed E-state index contributed by atoms with van der Waals surface area (Å²) in [6, 6.07) is 12.5. The summed E-state index contributed by atoms with van der Waals surface area (Å²) in [5, 5.41) is 13.3. The molecule has 2 saturated heterocycles. The van der Waals surface area contributed by atoms with Crippen molar-refractivity contribution in [3.63, 3.8) is 0 Å². The minimum Gasteiger partial charge on any atom is -0.490 e. The smallest absolute Gasteiger partial charge is 0.262 e. The van der Waals surface area contributed by atoms with Gasteiger partial charge in [-0.2, -0.15) is 0 Å². The molecule has 8 rings (SSSR count). The minimum atomic E-state index is -2.97. The Morgan fingerprint density at radius 1 is 1.06 bits per heavy atom. The number of piperidine rings is 1. The van der Waals surface area contributed by atoms with Gasteiger partial charge in [-0.05, 0) is 130 Å². The van der Waals surface area contributed by atoms with Crippen LogP contribution in [0, 0.1) is 17.8 Å². The molecule has 10 heteroatoms. The molecular formula is C42H57ClN4O4S. The summed E-state index contributed by atoms with van der Waals surface area (Å²) >= 11 is 6.51. The van der Waals surface area contributed by atoms with Crippen LogP contribution in [0.3, 0.4) is 0 Å². The number of amides is 1. The number of nitrogens with one attached hydrogen (secondary N) is 1. The molecule has 2 aliphatic carbocycles. The Bertz CT molecular complexity index is 1820. The van der Waals surface area contributed by atoms with E-state index in [4.69, 9.17) is 16.3 Å². The molecule has 4 aliphatic heterocycles. The molecule has 2 aromatic rings. The van der Waals surface area contributed by atoms with E-state index < -0.39 is 15.3 Å². The fourth-order valence-electron chi connectivity index (χ4n) is 10.4. The number of aliphatic hydroxyl groups is 1. The lowest BCUT2D eigenvalue weighted by molar-refractivity contribution is -0.0766. The van der Waals surface area contributed by atoms with Crippen LogP contribution in [0.25, 0.3) is 0 Å². The largest absolute Gasteiger partial charge is 0.490 e. The van der Waals surface area contributed by atoms with Gasteiger partial charge in [0.15, 0.2) is 0 Å². The molecule has 4 heterocycles. The topological polar surface area (TPSA) is 85.3 Å². The first-order valence-corrected chi connectivity index (χ1v) is 22.0. The SMILES string of the molecule is C=S1(=O)NC(=O)c2ccc3c(c2)N(C[C@@H]2CC[C@H]2[C@](O)(CN2CCN4CCCC[C@@H]4C2)/C=C/C[C@H](C)[C@H]1C)C[C@@]1(CCCc2cc(Cl)ccc21)CO3. The van der Waals surface area contributed by atoms with Gasteiger partial charge >= 0.3 is 0 Å². The summed E-state index contributed by atoms with van der Waals surface area (Å²) in [6.07, 6.45) is 13.7. The van der Waals surface area contributed by atoms with E-state index >= 15 is 0 Å². The van der Waals surface area contributed by atoms with Gasteiger partial charge < -0.3 is 14.7 Å². The molecule has 8 nitrogen and oxygen atoms in total. The number of fused-ring (bicyclic) bond motifs is 5. The third-order valence-electron chi connectivity index (χ3n) is 13.8. The van der Waals surface area contributed by atoms with E-state index in [2.05, 4.69) is 56.5 Å². The number of allylic oxidation sites excluding steroid dienone is 1. The van der Waals surface area contributed by atoms with Crippen LogP contribution in [0.2, 0.25) is 5.02 Å². The Hall–Kier alpha value is -2.56. The number of anilines is 1. The maximum absolute atomic E-state index is 14.0. The number of carbonyl (C=O) groups excluding carboxylic acids is 1. The third kappa shape index (κ3) is 6.94. The van der Waals surface area contributed by atoms with Crippen LogP contribution in [0.1, 0.15) is 86.7 Å². The van der Waals surface area contributed by atoms with Gasteiger partial charge in [0, 0.05) is 66.6 Å². The summed E-state index contributed by atoms with van der Waals surface area (Å²) in [5.74, 6) is 4.78. The van der Waals surface area contributed by atoms with Gasteiger partial charge in [-0.15, -0.1) is 0 Å². The van der Waals surface area contributed by atoms with Gasteiger partial charge in [0.1, 0.15) is 5.75 Å². The molecular weight excluding hydrogens is 692 g/mol. The molecule has 0 aromatic heterocycles. The lowest BCUT2D eigenvalue weighted by atomic mass is 9.63. The van der Waals surface area contributed by atoms with Crippen molar-refractivity contribution in [2.45, 2.75) is 93.9 Å². The molecule has 1 saturated carbocycles. The van der Waals surface area contributed by atoms with E-state index in [1.54, 1.807) is 6.07 Å². The normalized spacial score (nSPS) is 37.7. The Kier molecular flexibility index (Phi) is 9.99. The molecule has 2 aromatic carbocycles. The zero-order valence-corrected chi connectivity index (χ0v) is 32.6. The number of aryl methyl sites for hydroxylation is 1. The van der Waals surface area contributed by atoms with Gasteiger partial charge in [0.2, 0.25) is 0 Å². The first-order valence-electron chi connectivity index (χ1n) is 19.8. The van der Waals surface area contributed by atoms with Crippen molar-refractivity contribution in [1.29, 1.82) is 0 Å². The maximum atomic E-state index is 14.0. The number of ether oxygens (including phenoxy) is 1. The molecule has 52 heavy (non-hydrogen) atoms. The van der Waals surface area contributed by atoms with Gasteiger partial charge in [0.05, 0.1) is 27.6 Å². The number of nitrogens with zero attached hydrogens (tertiary/aromatic N) is 3. The van der Waals surface area contributed by atoms with Crippen LogP contribution in [0.15, 0.2) is 48.6 Å². The second-order valence-electron chi connectivity index (χ2n) is 17.1. The van der Waals surface area contributed by atoms with Crippen molar-refractivity contribution < 1.29 is 18.8 Å². The highest BCUT2D eigenvalue weighted by molar-refractivity contribution is 7.99. The molecule has 3 fully saturated rings. The van der Waals surface area contributed by atoms with E-state index in [1.807, 2.05) is 25.1 Å². The quantitative estimate of drug-likeness (QED) is 0.285. The van der Waals surface area contributed by atoms with Crippen LogP contribution in [-0.4, -0.2) is 100 Å². The predicted octanol–water partition coefficient (Wildman–Crippen LogP) is 6.09. The van der Waals surface area contributed by atoms with Crippen molar-refractivity contribution in [3.8, 4) is 5.75 Å². The van der Waals surface area contributed by atoms with E-state index in [0.717, 1.165) is 81.3 Å². The average molecular weight is 749 g/mol. The molecule has 1 unspecified atom stereocenters. The van der Waals surface area contributed by atoms with Crippen molar-refractivity contribution in [3.05, 3.63) is 70.3 Å². The molecule has 1 amide bonds. The number of rotatable bonds is 2. The third-order valence-corrected chi connectivity index (χ3v) is 16.2. The van der Waals surface area contributed by atoms with E-state index in [-0.39, 0.29) is 34.3 Å². The molecule has 8 atom stereocenters. The van der Waals surface area contributed by atoms with E-state index in [9.17, 15) is 14.1 Å². The van der Waals surface area contributed by atoms with Crippen LogP contribution in [-0.2, 0) is 21.5 Å². The molecule has 2 bridgehead atoms. The minimum absolute atomic E-state index is 0.0120. The summed E-state index contributed by atoms with van der Waals surface area (Å²) in [6.45, 7) is 10.9. The van der Waals surface area contributed by atoms with Crippen LogP contribution in [0.4, 0.5) is 5.69 Å². The van der Waals surface area contributed by atoms with Gasteiger partial charge in [-0.3, -0.25) is 19.3 Å². The molecule has 0 radical (unpaired) electrons. The van der Waals surface area contributed by atoms with E-state index in [1.165, 1.54) is 36.9 Å². The lowest BCUT2D eigenvalue weighted by Crippen LogP contribution is -2.60. The highest BCUT2D eigenvalue weighted by atomic mass is 35.5. The highest BCUT2D eigenvalue weighted by Gasteiger charge is 2.49. The summed E-state index contributed by atoms with van der Waals surface area (Å²) in [5.41, 5.74) is 2.68. The monoisotopic (exact) mass is 748 g/mol. The van der Waals surface area contributed by atoms with Crippen LogP contribution >= 0.6 is 11.6 Å². The molecule has 6 aliphatic rings.